The third-order valence-corrected chi connectivity index (χ3v) is 23.4. The number of nitrogen functional groups attached to an aromatic ring is 3. The van der Waals surface area contributed by atoms with Gasteiger partial charge in [-0.15, -0.1) is 0 Å². The Morgan fingerprint density at radius 1 is 0.400 bits per heavy atom. The summed E-state index contributed by atoms with van der Waals surface area (Å²) < 4.78 is 147. The van der Waals surface area contributed by atoms with E-state index in [0.717, 1.165) is 169 Å². The molecule has 36 nitrogen and oxygen atoms in total. The van der Waals surface area contributed by atoms with Crippen molar-refractivity contribution in [3.8, 4) is 0 Å². The van der Waals surface area contributed by atoms with Gasteiger partial charge in [-0.1, -0.05) is 154 Å². The maximum Gasteiger partial charge on any atom is 0.418 e. The maximum absolute atomic E-state index is 13.4. The molecule has 3 aromatic carbocycles. The molecule has 0 aliphatic heterocycles. The summed E-state index contributed by atoms with van der Waals surface area (Å²) >= 11 is 0. The number of esters is 4. The van der Waals surface area contributed by atoms with E-state index < -0.39 is 164 Å². The normalized spacial score (nSPS) is 14.9. The molecule has 6 amide bonds. The van der Waals surface area contributed by atoms with Crippen LogP contribution in [0.4, 0.5) is 83.7 Å². The fraction of sp³-hybridized carbons (Fsp3) is 0.480. The number of nitrogens with two attached hydrogens (primary N) is 3. The van der Waals surface area contributed by atoms with Gasteiger partial charge in [0.25, 0.3) is 11.5 Å². The van der Waals surface area contributed by atoms with Gasteiger partial charge in [-0.3, -0.25) is 28.5 Å². The van der Waals surface area contributed by atoms with E-state index in [1.165, 1.54) is 115 Å². The van der Waals surface area contributed by atoms with Gasteiger partial charge in [-0.2, -0.15) is 39.5 Å². The lowest BCUT2D eigenvalue weighted by molar-refractivity contribution is -0.140. The molecule has 8 aromatic rings. The molecule has 3 unspecified atom stereocenters. The van der Waals surface area contributed by atoms with E-state index in [1.54, 1.807) is 53.7 Å². The number of hydrogen-bond acceptors (Lipinski definition) is 27. The lowest BCUT2D eigenvalue weighted by Gasteiger charge is -2.27. The fourth-order valence-corrected chi connectivity index (χ4v) is 16.2. The number of amides is 6. The van der Waals surface area contributed by atoms with Crippen molar-refractivity contribution in [1.82, 2.24) is 45.4 Å². The summed E-state index contributed by atoms with van der Waals surface area (Å²) in [7, 11) is 5.07. The van der Waals surface area contributed by atoms with Crippen LogP contribution >= 0.6 is 0 Å². The number of rotatable bonds is 25. The average molecular weight is 2050 g/mol. The molecule has 0 bridgehead atoms. The van der Waals surface area contributed by atoms with Crippen LogP contribution in [0.3, 0.4) is 0 Å². The highest BCUT2D eigenvalue weighted by atomic mass is 19.4. The number of carboxylic acid groups (broad SMARTS) is 2. The number of alkyl halides is 9. The zero-order chi connectivity index (χ0) is 107. The van der Waals surface area contributed by atoms with E-state index in [0.29, 0.717) is 54.7 Å². The molecule has 5 heterocycles. The van der Waals surface area contributed by atoms with Gasteiger partial charge in [0.1, 0.15) is 58.6 Å². The minimum atomic E-state index is -4.72. The number of ether oxygens (including phenoxy) is 6. The molecule has 790 valence electrons. The van der Waals surface area contributed by atoms with Crippen LogP contribution in [0.25, 0.3) is 10.9 Å². The van der Waals surface area contributed by atoms with E-state index >= 15 is 0 Å². The number of aliphatic carboxylic acids is 1. The zero-order valence-electron chi connectivity index (χ0n) is 81.3. The van der Waals surface area contributed by atoms with Crippen molar-refractivity contribution in [3.05, 3.63) is 195 Å². The molecule has 14 N–H and O–H groups in total. The molecule has 145 heavy (non-hydrogen) atoms. The summed E-state index contributed by atoms with van der Waals surface area (Å²) in [6.45, 7) is 10.6. The van der Waals surface area contributed by atoms with Crippen molar-refractivity contribution in [2.24, 2.45) is 23.7 Å². The number of methoxy groups -OCH3 is 4. The number of aromatic nitrogens is 6. The number of carbonyl (C=O) groups is 12. The lowest BCUT2D eigenvalue weighted by atomic mass is 9.84. The number of carboxylic acids is 2. The molecular weight excluding hydrogens is 1920 g/mol. The highest BCUT2D eigenvalue weighted by Crippen LogP contribution is 2.40. The van der Waals surface area contributed by atoms with Crippen molar-refractivity contribution in [2.75, 3.05) is 61.6 Å². The molecule has 4 aliphatic carbocycles. The second kappa shape index (κ2) is 55.9. The third-order valence-electron chi connectivity index (χ3n) is 23.4. The Hall–Kier alpha value is -14.6. The third kappa shape index (κ3) is 38.9. The number of alkyl carbamates (subject to hydrolysis) is 2. The van der Waals surface area contributed by atoms with E-state index in [-0.39, 0.29) is 64.4 Å². The Morgan fingerprint density at radius 2 is 0.724 bits per heavy atom. The quantitative estimate of drug-likeness (QED) is 0.0110. The number of nitrogens with one attached hydrogen (secondary N) is 6. The summed E-state index contributed by atoms with van der Waals surface area (Å²) in [6, 6.07) is 17.4. The lowest BCUT2D eigenvalue weighted by Crippen LogP contribution is -2.47. The monoisotopic (exact) mass is 2040 g/mol. The number of hydrogen-bond donors (Lipinski definition) is 11. The number of benzene rings is 3. The summed E-state index contributed by atoms with van der Waals surface area (Å²) in [5, 5.41) is 33.2. The number of pyridine rings is 4. The molecule has 5 aromatic heterocycles. The second-order valence-electron chi connectivity index (χ2n) is 36.4. The van der Waals surface area contributed by atoms with Gasteiger partial charge in [-0.05, 0) is 176 Å². The molecule has 0 radical (unpaired) electrons. The number of carbonyl (C=O) groups excluding carboxylic acids is 10. The topological polar surface area (TPSA) is 537 Å². The van der Waals surface area contributed by atoms with E-state index in [1.807, 2.05) is 0 Å². The van der Waals surface area contributed by atoms with Gasteiger partial charge in [0.05, 0.1) is 107 Å². The summed E-state index contributed by atoms with van der Waals surface area (Å²) in [5.74, 6) is -4.80. The first-order valence-corrected chi connectivity index (χ1v) is 46.4. The van der Waals surface area contributed by atoms with Crippen LogP contribution in [0.1, 0.15) is 288 Å². The molecule has 0 spiro atoms. The first-order chi connectivity index (χ1) is 67.8. The van der Waals surface area contributed by atoms with Gasteiger partial charge in [0.15, 0.2) is 0 Å². The smallest absolute Gasteiger partial charge is 0.418 e. The van der Waals surface area contributed by atoms with Crippen LogP contribution in [0, 0.1) is 23.7 Å². The molecule has 4 saturated carbocycles. The Labute approximate surface area is 831 Å². The van der Waals surface area contributed by atoms with E-state index in [2.05, 4.69) is 75.8 Å². The van der Waals surface area contributed by atoms with Crippen molar-refractivity contribution in [3.63, 3.8) is 0 Å². The Balaban J connectivity index is 0.000000277. The molecule has 4 fully saturated rings. The summed E-state index contributed by atoms with van der Waals surface area (Å²) in [5.41, 5.74) is 9.05. The van der Waals surface area contributed by atoms with Crippen molar-refractivity contribution in [1.29, 1.82) is 0 Å². The van der Waals surface area contributed by atoms with Gasteiger partial charge < -0.3 is 87.7 Å². The molecule has 45 heteroatoms. The largest absolute Gasteiger partial charge is 0.480 e. The van der Waals surface area contributed by atoms with Crippen LogP contribution in [-0.2, 0) is 66.1 Å². The molecular formula is C100H126F9N15O21. The minimum absolute atomic E-state index is 0. The van der Waals surface area contributed by atoms with Crippen LogP contribution < -0.4 is 54.7 Å². The van der Waals surface area contributed by atoms with Gasteiger partial charge in [-0.25, -0.2) is 63.3 Å². The number of aromatic carboxylic acids is 1. The standard InChI is InChI=1S/C25H25F3N4O4.C24H27F3N4O4.C21H31N3O5.C14H25NO4.C8H6F3NO2.C7H8N2O2.CH4/c1-36-24(35)16-10-11-20(29-13-16)31-22(33)19(12-15-6-3-2-4-7-15)32-14-30-21-17(23(32)34)8-5-9-18(21)25(26,27)28;1-35-23(34)15-10-11-19(29-13-15)31-22(33)18(12-14-6-3-2-4-7-14)30-21(32)16-8-5-9-17(20(16)28)24(25,26)27;1-21(2,3)29-20(27)23-16(12-14-8-6-5-7-9-14)18(25)24-17-11-10-15(13-22-17)19(26)28-4;1-14(2,3)19-13(18)15-11(12(16)17)9-10-7-5-4-6-8-10;9-8(10,11)5-3-1-2-4(6(5)12)7(13)14;1-11-7(10)5-2-3-6(8)9-4-5;/h5,8-11,13-15,19H,2-4,6-7,12H2,1H3,(H,29,31,33);5,8-11,13-14,18H,2-4,6-7,12,28H2,1H3,(H,30,32)(H,29,31,33);10-11,13-14,16H,5-9,12H2,1-4H3,(H,23,27)(H,22,24,25);10-11H,4-9H2,1-3H3,(H,15,18)(H,16,17);1-3H,12H2,(H,13,14);2-4H,1H3,(H2,8,9);1H4/t19-;;;;;;/m1....../s1. The highest BCUT2D eigenvalue weighted by molar-refractivity contribution is 6.04. The van der Waals surface area contributed by atoms with Crippen molar-refractivity contribution in [2.45, 2.75) is 257 Å². The highest BCUT2D eigenvalue weighted by Gasteiger charge is 2.40. The molecule has 0 saturated heterocycles. The van der Waals surface area contributed by atoms with Crippen molar-refractivity contribution >= 4 is 117 Å². The number of anilines is 6. The van der Waals surface area contributed by atoms with Crippen LogP contribution in [0.2, 0.25) is 0 Å². The van der Waals surface area contributed by atoms with Crippen LogP contribution in [-0.4, -0.2) is 169 Å². The average Bonchev–Trinajstić information content (AvgIpc) is 0.763. The predicted octanol–water partition coefficient (Wildman–Crippen LogP) is 18.6. The Bertz CT molecular complexity index is 5720. The zero-order valence-corrected chi connectivity index (χ0v) is 81.3. The second-order valence-corrected chi connectivity index (χ2v) is 36.4. The first kappa shape index (κ1) is 119. The SMILES string of the molecule is C.CC(C)(C)OC(=O)NC(CC1CCCCC1)C(=O)O.COC(=O)c1ccc(N)nc1.COC(=O)c1ccc(NC(=O)C(CC2CCCCC2)NC(=O)OC(C)(C)C)nc1.COC(=O)c1ccc(NC(=O)C(CC2CCCCC2)NC(=O)c2cccc(C(F)(F)F)c2N)nc1.COC(=O)c1ccc(NC(=O)[C@@H](CC2CCCCC2)n2cnc3c(C(F)(F)F)cccc3c2=O)nc1.Nc1c(C(=O)O)cccc1C(F)(F)F. The van der Waals surface area contributed by atoms with Crippen molar-refractivity contribution < 1.29 is 136 Å². The Kier molecular flexibility index (Phi) is 45.9. The van der Waals surface area contributed by atoms with Gasteiger partial charge >= 0.3 is 66.5 Å². The number of fused-ring (bicyclic) bond motifs is 1. The first-order valence-electron chi connectivity index (χ1n) is 46.4. The van der Waals surface area contributed by atoms with E-state index in [4.69, 9.17) is 31.8 Å². The van der Waals surface area contributed by atoms with E-state index in [9.17, 15) is 107 Å². The number of halogens is 9. The Morgan fingerprint density at radius 3 is 1.06 bits per heavy atom. The van der Waals surface area contributed by atoms with Crippen LogP contribution in [0.5, 0.6) is 0 Å². The number of para-hydroxylation sites is 3. The summed E-state index contributed by atoms with van der Waals surface area (Å²) in [6.07, 6.45) is 13.6. The van der Waals surface area contributed by atoms with Gasteiger partial charge in [0, 0.05) is 24.8 Å². The summed E-state index contributed by atoms with van der Waals surface area (Å²) in [4.78, 5) is 176. The fourth-order valence-electron chi connectivity index (χ4n) is 16.2. The molecule has 12 rings (SSSR count). The maximum atomic E-state index is 13.4. The number of nitrogens with zero attached hydrogens (tertiary/aromatic N) is 6. The molecule has 4 atom stereocenters. The molecule has 4 aliphatic rings. The minimum Gasteiger partial charge on any atom is -0.480 e. The predicted molar refractivity (Wildman–Crippen MR) is 518 cm³/mol. The van der Waals surface area contributed by atoms with Crippen LogP contribution in [0.15, 0.2) is 139 Å². The van der Waals surface area contributed by atoms with Gasteiger partial charge in [0.2, 0.25) is 17.7 Å².